The van der Waals surface area contributed by atoms with Crippen molar-refractivity contribution < 1.29 is 14.7 Å². The summed E-state index contributed by atoms with van der Waals surface area (Å²) in [5.41, 5.74) is 1.08. The number of aryl methyl sites for hydroxylation is 2. The molecule has 2 aromatic heterocycles. The van der Waals surface area contributed by atoms with Gasteiger partial charge < -0.3 is 15.3 Å². The molecule has 1 saturated heterocycles. The Morgan fingerprint density at radius 2 is 2.19 bits per heavy atom. The SMILES string of the molecule is Cc1nc(C)c(CC(=O)N2CC[C@@H](NC(=O)c3cnccn3)[C@H](O)C2)s1. The summed E-state index contributed by atoms with van der Waals surface area (Å²) in [4.78, 5) is 39.4. The first kappa shape index (κ1) is 18.4. The molecule has 0 radical (unpaired) electrons. The minimum Gasteiger partial charge on any atom is -0.389 e. The van der Waals surface area contributed by atoms with E-state index in [4.69, 9.17) is 0 Å². The number of aliphatic hydroxyl groups excluding tert-OH is 1. The zero-order valence-electron chi connectivity index (χ0n) is 14.7. The Morgan fingerprint density at radius 3 is 2.81 bits per heavy atom. The minimum absolute atomic E-state index is 0.0329. The Morgan fingerprint density at radius 1 is 1.38 bits per heavy atom. The molecule has 0 aliphatic carbocycles. The fourth-order valence-electron chi connectivity index (χ4n) is 2.97. The number of hydrogen-bond donors (Lipinski definition) is 2. The van der Waals surface area contributed by atoms with Crippen LogP contribution in [0.4, 0.5) is 0 Å². The number of carbonyl (C=O) groups is 2. The molecule has 1 aliphatic heterocycles. The van der Waals surface area contributed by atoms with Crippen molar-refractivity contribution in [3.63, 3.8) is 0 Å². The summed E-state index contributed by atoms with van der Waals surface area (Å²) < 4.78 is 0. The van der Waals surface area contributed by atoms with Gasteiger partial charge in [0.2, 0.25) is 5.91 Å². The lowest BCUT2D eigenvalue weighted by Gasteiger charge is -2.36. The standard InChI is InChI=1S/C17H21N5O3S/c1-10-15(26-11(2)20-10)7-16(24)22-6-3-12(14(23)9-22)21-17(25)13-8-18-4-5-19-13/h4-5,8,12,14,23H,3,6-7,9H2,1-2H3,(H,21,25)/t12-,14-/m1/s1. The summed E-state index contributed by atoms with van der Waals surface area (Å²) in [7, 11) is 0. The van der Waals surface area contributed by atoms with E-state index in [0.29, 0.717) is 19.4 Å². The van der Waals surface area contributed by atoms with E-state index >= 15 is 0 Å². The van der Waals surface area contributed by atoms with E-state index in [1.54, 1.807) is 4.90 Å². The Balaban J connectivity index is 1.55. The van der Waals surface area contributed by atoms with E-state index in [9.17, 15) is 14.7 Å². The number of thiazole rings is 1. The predicted octanol–water partition coefficient (Wildman–Crippen LogP) is 0.484. The predicted molar refractivity (Wildman–Crippen MR) is 95.8 cm³/mol. The van der Waals surface area contributed by atoms with Gasteiger partial charge >= 0.3 is 0 Å². The summed E-state index contributed by atoms with van der Waals surface area (Å²) >= 11 is 1.52. The third kappa shape index (κ3) is 4.23. The van der Waals surface area contributed by atoms with Crippen LogP contribution in [-0.4, -0.2) is 62.0 Å². The van der Waals surface area contributed by atoms with Crippen molar-refractivity contribution in [2.45, 2.75) is 38.8 Å². The fourth-order valence-corrected chi connectivity index (χ4v) is 3.90. The highest BCUT2D eigenvalue weighted by Gasteiger charge is 2.31. The van der Waals surface area contributed by atoms with Crippen molar-refractivity contribution in [2.75, 3.05) is 13.1 Å². The normalized spacial score (nSPS) is 20.0. The molecule has 9 heteroatoms. The monoisotopic (exact) mass is 375 g/mol. The average molecular weight is 375 g/mol. The topological polar surface area (TPSA) is 108 Å². The number of carbonyl (C=O) groups excluding carboxylic acids is 2. The molecule has 2 N–H and O–H groups in total. The molecule has 26 heavy (non-hydrogen) atoms. The van der Waals surface area contributed by atoms with Crippen LogP contribution in [0.3, 0.4) is 0 Å². The van der Waals surface area contributed by atoms with E-state index in [-0.39, 0.29) is 24.1 Å². The Kier molecular flexibility index (Phi) is 5.58. The smallest absolute Gasteiger partial charge is 0.271 e. The van der Waals surface area contributed by atoms with Crippen molar-refractivity contribution in [1.82, 2.24) is 25.2 Å². The number of aliphatic hydroxyl groups is 1. The number of nitrogens with zero attached hydrogens (tertiary/aromatic N) is 4. The van der Waals surface area contributed by atoms with Gasteiger partial charge in [-0.3, -0.25) is 14.6 Å². The second kappa shape index (κ2) is 7.88. The zero-order chi connectivity index (χ0) is 18.7. The summed E-state index contributed by atoms with van der Waals surface area (Å²) in [6.45, 7) is 4.50. The lowest BCUT2D eigenvalue weighted by Crippen LogP contribution is -2.55. The van der Waals surface area contributed by atoms with Crippen LogP contribution in [0.2, 0.25) is 0 Å². The van der Waals surface area contributed by atoms with Crippen LogP contribution in [-0.2, 0) is 11.2 Å². The molecule has 0 aromatic carbocycles. The number of aromatic nitrogens is 3. The fraction of sp³-hybridized carbons (Fsp3) is 0.471. The first-order valence-corrected chi connectivity index (χ1v) is 9.21. The molecule has 8 nitrogen and oxygen atoms in total. The lowest BCUT2D eigenvalue weighted by molar-refractivity contribution is -0.134. The Labute approximate surface area is 155 Å². The average Bonchev–Trinajstić information content (AvgIpc) is 2.94. The van der Waals surface area contributed by atoms with Gasteiger partial charge in [0.1, 0.15) is 5.69 Å². The molecule has 0 unspecified atom stereocenters. The zero-order valence-corrected chi connectivity index (χ0v) is 15.5. The highest BCUT2D eigenvalue weighted by Crippen LogP contribution is 2.20. The highest BCUT2D eigenvalue weighted by atomic mass is 32.1. The molecule has 0 saturated carbocycles. The van der Waals surface area contributed by atoms with E-state index in [0.717, 1.165) is 15.6 Å². The molecule has 3 heterocycles. The molecule has 3 rings (SSSR count). The van der Waals surface area contributed by atoms with E-state index < -0.39 is 12.1 Å². The second-order valence-electron chi connectivity index (χ2n) is 6.28. The van der Waals surface area contributed by atoms with Crippen LogP contribution >= 0.6 is 11.3 Å². The second-order valence-corrected chi connectivity index (χ2v) is 7.57. The summed E-state index contributed by atoms with van der Waals surface area (Å²) in [6.07, 6.45) is 4.26. The van der Waals surface area contributed by atoms with Gasteiger partial charge in [0.25, 0.3) is 5.91 Å². The van der Waals surface area contributed by atoms with Crippen molar-refractivity contribution >= 4 is 23.2 Å². The summed E-state index contributed by atoms with van der Waals surface area (Å²) in [6, 6.07) is -0.416. The molecule has 138 valence electrons. The van der Waals surface area contributed by atoms with Gasteiger partial charge in [0.05, 0.1) is 35.5 Å². The highest BCUT2D eigenvalue weighted by molar-refractivity contribution is 7.11. The number of likely N-dealkylation sites (tertiary alicyclic amines) is 1. The number of piperidine rings is 1. The number of rotatable bonds is 4. The molecular weight excluding hydrogens is 354 g/mol. The number of β-amino-alcohol motifs (C(OH)–C–C–N with tert-alkyl or cyclic N) is 1. The maximum atomic E-state index is 12.5. The van der Waals surface area contributed by atoms with Crippen molar-refractivity contribution in [3.05, 3.63) is 39.9 Å². The summed E-state index contributed by atoms with van der Waals surface area (Å²) in [5.74, 6) is -0.410. The largest absolute Gasteiger partial charge is 0.389 e. The maximum Gasteiger partial charge on any atom is 0.271 e. The molecule has 1 aliphatic rings. The van der Waals surface area contributed by atoms with Crippen molar-refractivity contribution in [2.24, 2.45) is 0 Å². The third-order valence-electron chi connectivity index (χ3n) is 4.36. The first-order chi connectivity index (χ1) is 12.4. The van der Waals surface area contributed by atoms with E-state index in [1.165, 1.54) is 29.9 Å². The minimum atomic E-state index is -0.822. The lowest BCUT2D eigenvalue weighted by atomic mass is 10.0. The molecule has 2 aromatic rings. The van der Waals surface area contributed by atoms with Crippen molar-refractivity contribution in [1.29, 1.82) is 0 Å². The van der Waals surface area contributed by atoms with Gasteiger partial charge in [0, 0.05) is 30.4 Å². The Hall–Kier alpha value is -2.39. The van der Waals surface area contributed by atoms with Gasteiger partial charge in [-0.25, -0.2) is 9.97 Å². The maximum absolute atomic E-state index is 12.5. The molecule has 0 spiro atoms. The van der Waals surface area contributed by atoms with Gasteiger partial charge in [-0.1, -0.05) is 0 Å². The Bertz CT molecular complexity index is 795. The number of nitrogens with one attached hydrogen (secondary N) is 1. The van der Waals surface area contributed by atoms with Gasteiger partial charge in [0.15, 0.2) is 0 Å². The first-order valence-electron chi connectivity index (χ1n) is 8.39. The molecule has 2 atom stereocenters. The van der Waals surface area contributed by atoms with Crippen LogP contribution in [0, 0.1) is 13.8 Å². The summed E-state index contributed by atoms with van der Waals surface area (Å²) in [5, 5.41) is 14.1. The molecule has 0 bridgehead atoms. The van der Waals surface area contributed by atoms with Gasteiger partial charge in [-0.15, -0.1) is 11.3 Å². The van der Waals surface area contributed by atoms with E-state index in [1.807, 2.05) is 13.8 Å². The van der Waals surface area contributed by atoms with Crippen LogP contribution in [0.1, 0.15) is 32.5 Å². The number of hydrogen-bond acceptors (Lipinski definition) is 7. The van der Waals surface area contributed by atoms with Crippen LogP contribution in [0.15, 0.2) is 18.6 Å². The van der Waals surface area contributed by atoms with Crippen LogP contribution in [0.25, 0.3) is 0 Å². The number of amides is 2. The van der Waals surface area contributed by atoms with Crippen LogP contribution < -0.4 is 5.32 Å². The molecular formula is C17H21N5O3S. The molecule has 2 amide bonds. The van der Waals surface area contributed by atoms with Crippen molar-refractivity contribution in [3.8, 4) is 0 Å². The third-order valence-corrected chi connectivity index (χ3v) is 5.43. The quantitative estimate of drug-likeness (QED) is 0.805. The van der Waals surface area contributed by atoms with Crippen LogP contribution in [0.5, 0.6) is 0 Å². The molecule has 1 fully saturated rings. The van der Waals surface area contributed by atoms with E-state index in [2.05, 4.69) is 20.3 Å². The van der Waals surface area contributed by atoms with Gasteiger partial charge in [-0.05, 0) is 20.3 Å². The van der Waals surface area contributed by atoms with Gasteiger partial charge in [-0.2, -0.15) is 0 Å².